The van der Waals surface area contributed by atoms with Crippen LogP contribution in [0.2, 0.25) is 0 Å². The van der Waals surface area contributed by atoms with Crippen molar-refractivity contribution < 1.29 is 9.47 Å². The smallest absolute Gasteiger partial charge is 0.130 e. The minimum absolute atomic E-state index is 0.254. The summed E-state index contributed by atoms with van der Waals surface area (Å²) in [6, 6.07) is 15.2. The third-order valence-corrected chi connectivity index (χ3v) is 10.2. The number of hydrogen-bond acceptors (Lipinski definition) is 2. The Labute approximate surface area is 178 Å². The van der Waals surface area contributed by atoms with Gasteiger partial charge in [-0.1, -0.05) is 71.9 Å². The second-order valence-corrected chi connectivity index (χ2v) is 11.1. The van der Waals surface area contributed by atoms with Crippen molar-refractivity contribution in [3.63, 3.8) is 0 Å². The van der Waals surface area contributed by atoms with E-state index in [0.29, 0.717) is 0 Å². The summed E-state index contributed by atoms with van der Waals surface area (Å²) in [5.74, 6) is 2.64. The van der Waals surface area contributed by atoms with Crippen LogP contribution in [-0.4, -0.2) is 25.5 Å². The van der Waals surface area contributed by atoms with Crippen molar-refractivity contribution in [1.29, 1.82) is 0 Å². The maximum atomic E-state index is 5.78. The molecule has 1 saturated carbocycles. The molecule has 0 aliphatic heterocycles. The standard InChI is InChI=1S/C26H37O2P/c1-6-20(7-2)29(21-13-10-12-19(3)18-21)25-17-9-8-14-22(25)26-23(27-4)15-11-16-24(26)28-5/h8-9,11,14-17,19-21H,6-7,10,12-13,18H2,1-5H3. The van der Waals surface area contributed by atoms with Crippen molar-refractivity contribution >= 4 is 13.2 Å². The number of methoxy groups -OCH3 is 2. The quantitative estimate of drug-likeness (QED) is 0.425. The summed E-state index contributed by atoms with van der Waals surface area (Å²) in [5.41, 5.74) is 4.00. The molecule has 0 saturated heterocycles. The van der Waals surface area contributed by atoms with Gasteiger partial charge < -0.3 is 9.47 Å². The van der Waals surface area contributed by atoms with Gasteiger partial charge in [0.2, 0.25) is 0 Å². The Kier molecular flexibility index (Phi) is 8.01. The maximum Gasteiger partial charge on any atom is 0.130 e. The Balaban J connectivity index is 2.17. The van der Waals surface area contributed by atoms with Crippen LogP contribution in [0.1, 0.15) is 59.3 Å². The van der Waals surface area contributed by atoms with Gasteiger partial charge >= 0.3 is 0 Å². The fraction of sp³-hybridized carbons (Fsp3) is 0.538. The average molecular weight is 413 g/mol. The maximum absolute atomic E-state index is 5.78. The summed E-state index contributed by atoms with van der Waals surface area (Å²) in [5, 5.41) is 1.54. The van der Waals surface area contributed by atoms with Crippen LogP contribution in [0.15, 0.2) is 42.5 Å². The molecule has 3 rings (SSSR count). The van der Waals surface area contributed by atoms with Gasteiger partial charge in [-0.3, -0.25) is 0 Å². The van der Waals surface area contributed by atoms with Crippen LogP contribution in [0, 0.1) is 5.92 Å². The summed E-state index contributed by atoms with van der Waals surface area (Å²) in [6.45, 7) is 7.20. The van der Waals surface area contributed by atoms with Gasteiger partial charge in [0.15, 0.2) is 0 Å². The molecule has 2 aromatic rings. The minimum Gasteiger partial charge on any atom is -0.496 e. The second-order valence-electron chi connectivity index (χ2n) is 8.36. The third kappa shape index (κ3) is 4.80. The molecule has 3 unspecified atom stereocenters. The Morgan fingerprint density at radius 1 is 0.931 bits per heavy atom. The molecule has 0 bridgehead atoms. The highest BCUT2D eigenvalue weighted by molar-refractivity contribution is 7.67. The summed E-state index contributed by atoms with van der Waals surface area (Å²) >= 11 is 0. The lowest BCUT2D eigenvalue weighted by molar-refractivity contribution is 0.390. The minimum atomic E-state index is -0.254. The van der Waals surface area contributed by atoms with Crippen molar-refractivity contribution in [3.8, 4) is 22.6 Å². The highest BCUT2D eigenvalue weighted by Gasteiger charge is 2.33. The fourth-order valence-corrected chi connectivity index (χ4v) is 9.00. The Hall–Kier alpha value is -1.53. The molecule has 3 heteroatoms. The van der Waals surface area contributed by atoms with E-state index in [-0.39, 0.29) is 7.92 Å². The lowest BCUT2D eigenvalue weighted by Gasteiger charge is -2.39. The molecular formula is C26H37O2P. The number of ether oxygens (including phenoxy) is 2. The van der Waals surface area contributed by atoms with E-state index >= 15 is 0 Å². The predicted octanol–water partition coefficient (Wildman–Crippen LogP) is 7.25. The van der Waals surface area contributed by atoms with E-state index in [0.717, 1.165) is 34.3 Å². The molecule has 158 valence electrons. The van der Waals surface area contributed by atoms with Crippen LogP contribution in [0.25, 0.3) is 11.1 Å². The van der Waals surface area contributed by atoms with E-state index in [4.69, 9.17) is 9.47 Å². The van der Waals surface area contributed by atoms with Gasteiger partial charge in [-0.25, -0.2) is 0 Å². The molecule has 0 radical (unpaired) electrons. The van der Waals surface area contributed by atoms with Crippen LogP contribution in [0.5, 0.6) is 11.5 Å². The van der Waals surface area contributed by atoms with Crippen molar-refractivity contribution in [1.82, 2.24) is 0 Å². The first-order valence-electron chi connectivity index (χ1n) is 11.2. The molecule has 1 aliphatic carbocycles. The van der Waals surface area contributed by atoms with Gasteiger partial charge in [-0.05, 0) is 65.9 Å². The zero-order valence-electron chi connectivity index (χ0n) is 18.8. The molecule has 0 amide bonds. The Bertz CT molecular complexity index is 762. The van der Waals surface area contributed by atoms with Crippen molar-refractivity contribution in [3.05, 3.63) is 42.5 Å². The molecule has 3 atom stereocenters. The normalized spacial score (nSPS) is 20.5. The zero-order valence-corrected chi connectivity index (χ0v) is 19.7. The van der Waals surface area contributed by atoms with Crippen LogP contribution in [-0.2, 0) is 0 Å². The third-order valence-electron chi connectivity index (χ3n) is 6.52. The highest BCUT2D eigenvalue weighted by Crippen LogP contribution is 2.56. The molecule has 0 heterocycles. The fourth-order valence-electron chi connectivity index (χ4n) is 5.06. The number of hydrogen-bond donors (Lipinski definition) is 0. The number of benzene rings is 2. The van der Waals surface area contributed by atoms with Crippen molar-refractivity contribution in [2.24, 2.45) is 5.92 Å². The predicted molar refractivity (Wildman–Crippen MR) is 127 cm³/mol. The first-order valence-corrected chi connectivity index (χ1v) is 12.7. The van der Waals surface area contributed by atoms with Gasteiger partial charge in [0.05, 0.1) is 19.8 Å². The van der Waals surface area contributed by atoms with Crippen LogP contribution < -0.4 is 14.8 Å². The SMILES string of the molecule is CCC(CC)P(c1ccccc1-c1c(OC)cccc1OC)C1CCCC(C)C1. The molecule has 1 fully saturated rings. The van der Waals surface area contributed by atoms with E-state index in [1.807, 2.05) is 6.07 Å². The van der Waals surface area contributed by atoms with Crippen LogP contribution in [0.3, 0.4) is 0 Å². The molecule has 0 spiro atoms. The lowest BCUT2D eigenvalue weighted by atomic mass is 9.90. The Morgan fingerprint density at radius 2 is 1.59 bits per heavy atom. The molecule has 2 nitrogen and oxygen atoms in total. The van der Waals surface area contributed by atoms with E-state index in [1.54, 1.807) is 14.2 Å². The topological polar surface area (TPSA) is 18.5 Å². The van der Waals surface area contributed by atoms with Gasteiger partial charge in [0.25, 0.3) is 0 Å². The summed E-state index contributed by atoms with van der Waals surface area (Å²) in [7, 11) is 3.26. The van der Waals surface area contributed by atoms with E-state index in [1.165, 1.54) is 49.4 Å². The molecule has 29 heavy (non-hydrogen) atoms. The first kappa shape index (κ1) is 22.2. The summed E-state index contributed by atoms with van der Waals surface area (Å²) < 4.78 is 11.6. The molecule has 0 N–H and O–H groups in total. The van der Waals surface area contributed by atoms with E-state index in [2.05, 4.69) is 57.2 Å². The molecule has 1 aliphatic rings. The zero-order chi connectivity index (χ0) is 20.8. The van der Waals surface area contributed by atoms with Crippen LogP contribution in [0.4, 0.5) is 0 Å². The van der Waals surface area contributed by atoms with E-state index in [9.17, 15) is 0 Å². The van der Waals surface area contributed by atoms with Crippen molar-refractivity contribution in [2.75, 3.05) is 14.2 Å². The molecule has 0 aromatic heterocycles. The van der Waals surface area contributed by atoms with Crippen LogP contribution >= 0.6 is 7.92 Å². The Morgan fingerprint density at radius 3 is 2.17 bits per heavy atom. The molecule has 2 aromatic carbocycles. The lowest BCUT2D eigenvalue weighted by Crippen LogP contribution is -2.27. The first-order chi connectivity index (χ1) is 14.1. The van der Waals surface area contributed by atoms with Crippen molar-refractivity contribution in [2.45, 2.75) is 70.6 Å². The van der Waals surface area contributed by atoms with Gasteiger partial charge in [0, 0.05) is 0 Å². The summed E-state index contributed by atoms with van der Waals surface area (Å²) in [4.78, 5) is 0. The van der Waals surface area contributed by atoms with E-state index < -0.39 is 0 Å². The largest absolute Gasteiger partial charge is 0.496 e. The van der Waals surface area contributed by atoms with Gasteiger partial charge in [0.1, 0.15) is 11.5 Å². The highest BCUT2D eigenvalue weighted by atomic mass is 31.1. The second kappa shape index (κ2) is 10.5. The van der Waals surface area contributed by atoms with Gasteiger partial charge in [-0.15, -0.1) is 0 Å². The monoisotopic (exact) mass is 412 g/mol. The van der Waals surface area contributed by atoms with Gasteiger partial charge in [-0.2, -0.15) is 0 Å². The number of rotatable bonds is 8. The average Bonchev–Trinajstić information content (AvgIpc) is 2.76. The summed E-state index contributed by atoms with van der Waals surface area (Å²) in [6.07, 6.45) is 8.04. The molecular weight excluding hydrogens is 375 g/mol.